The number of hydrogen-bond acceptors (Lipinski definition) is 6. The lowest BCUT2D eigenvalue weighted by Gasteiger charge is -2.24. The van der Waals surface area contributed by atoms with Gasteiger partial charge in [0.25, 0.3) is 0 Å². The second-order valence-corrected chi connectivity index (χ2v) is 9.94. The Balaban J connectivity index is 1.32. The van der Waals surface area contributed by atoms with Crippen LogP contribution in [0.3, 0.4) is 0 Å². The number of carbonyl (C=O) groups is 2. The summed E-state index contributed by atoms with van der Waals surface area (Å²) >= 11 is 0. The zero-order valence-corrected chi connectivity index (χ0v) is 20.7. The molecule has 2 saturated heterocycles. The minimum atomic E-state index is -0.300. The average molecular weight is 487 g/mol. The third kappa shape index (κ3) is 6.50. The summed E-state index contributed by atoms with van der Waals surface area (Å²) in [6, 6.07) is 16.9. The zero-order valence-electron chi connectivity index (χ0n) is 20.7. The van der Waals surface area contributed by atoms with Gasteiger partial charge in [-0.25, -0.2) is 9.59 Å². The Kier molecular flexibility index (Phi) is 7.94. The minimum absolute atomic E-state index is 0.232. The Bertz CT molecular complexity index is 1020. The van der Waals surface area contributed by atoms with E-state index in [-0.39, 0.29) is 24.0 Å². The van der Waals surface area contributed by atoms with Crippen molar-refractivity contribution in [3.05, 3.63) is 82.9 Å². The summed E-state index contributed by atoms with van der Waals surface area (Å²) in [5, 5.41) is 0. The summed E-state index contributed by atoms with van der Waals surface area (Å²) in [6.45, 7) is 4.43. The van der Waals surface area contributed by atoms with Crippen LogP contribution in [0.25, 0.3) is 12.2 Å². The van der Waals surface area contributed by atoms with Gasteiger partial charge in [-0.15, -0.1) is 0 Å². The van der Waals surface area contributed by atoms with Crippen LogP contribution in [0.1, 0.15) is 47.9 Å². The molecule has 188 valence electrons. The highest BCUT2D eigenvalue weighted by atomic mass is 16.5. The van der Waals surface area contributed by atoms with Gasteiger partial charge in [-0.2, -0.15) is 0 Å². The van der Waals surface area contributed by atoms with Crippen molar-refractivity contribution in [2.75, 3.05) is 26.3 Å². The second kappa shape index (κ2) is 11.7. The lowest BCUT2D eigenvalue weighted by molar-refractivity contribution is -0.140. The van der Waals surface area contributed by atoms with Crippen LogP contribution in [0.2, 0.25) is 0 Å². The minimum Gasteiger partial charge on any atom is -0.461 e. The van der Waals surface area contributed by atoms with E-state index in [1.807, 2.05) is 36.4 Å². The van der Waals surface area contributed by atoms with Crippen molar-refractivity contribution in [1.29, 1.82) is 0 Å². The first-order valence-electron chi connectivity index (χ1n) is 13.0. The number of carbonyl (C=O) groups excluding carboxylic acids is 2. The van der Waals surface area contributed by atoms with E-state index in [9.17, 15) is 9.59 Å². The van der Waals surface area contributed by atoms with E-state index in [1.165, 1.54) is 23.3 Å². The molecule has 2 fully saturated rings. The van der Waals surface area contributed by atoms with Crippen molar-refractivity contribution in [2.24, 2.45) is 0 Å². The molecule has 6 aliphatic rings. The van der Waals surface area contributed by atoms with E-state index < -0.39 is 0 Å². The number of hydrogen-bond donors (Lipinski definition) is 0. The fourth-order valence-electron chi connectivity index (χ4n) is 5.30. The third-order valence-corrected chi connectivity index (χ3v) is 7.39. The Morgan fingerprint density at radius 3 is 1.42 bits per heavy atom. The molecule has 2 atom stereocenters. The molecule has 36 heavy (non-hydrogen) atoms. The van der Waals surface area contributed by atoms with Gasteiger partial charge in [0.15, 0.2) is 0 Å². The molecule has 0 N–H and O–H groups in total. The molecule has 0 radical (unpaired) electrons. The molecule has 2 aromatic carbocycles. The molecule has 6 aliphatic heterocycles. The first-order chi connectivity index (χ1) is 17.6. The molecule has 0 amide bonds. The smallest absolute Gasteiger partial charge is 0.330 e. The van der Waals surface area contributed by atoms with Gasteiger partial charge in [-0.1, -0.05) is 48.5 Å². The monoisotopic (exact) mass is 486 g/mol. The molecule has 4 bridgehead atoms. The maximum atomic E-state index is 12.4. The lowest BCUT2D eigenvalue weighted by atomic mass is 10.1. The van der Waals surface area contributed by atoms with Crippen LogP contribution in [0.4, 0.5) is 0 Å². The maximum absolute atomic E-state index is 12.4. The third-order valence-electron chi connectivity index (χ3n) is 7.39. The molecule has 6 nitrogen and oxygen atoms in total. The van der Waals surface area contributed by atoms with E-state index >= 15 is 0 Å². The van der Waals surface area contributed by atoms with Crippen LogP contribution in [0, 0.1) is 0 Å². The van der Waals surface area contributed by atoms with E-state index in [4.69, 9.17) is 9.47 Å². The molecule has 0 saturated carbocycles. The SMILES string of the molecule is O=C1C=Cc2ccc(cc2)CN2CCC[C@H]2COC(=O)C=Cc2ccc(cc2)CN2CCC[C@H]2CO1. The summed E-state index contributed by atoms with van der Waals surface area (Å²) in [4.78, 5) is 29.5. The predicted molar refractivity (Wildman–Crippen MR) is 140 cm³/mol. The maximum Gasteiger partial charge on any atom is 0.330 e. The summed E-state index contributed by atoms with van der Waals surface area (Å²) in [6.07, 6.45) is 10.9. The highest BCUT2D eigenvalue weighted by Crippen LogP contribution is 2.22. The van der Waals surface area contributed by atoms with E-state index in [1.54, 1.807) is 0 Å². The van der Waals surface area contributed by atoms with E-state index in [0.717, 1.165) is 63.0 Å². The molecular weight excluding hydrogens is 452 g/mol. The summed E-state index contributed by atoms with van der Waals surface area (Å²) in [5.41, 5.74) is 4.34. The molecule has 6 heterocycles. The summed E-state index contributed by atoms with van der Waals surface area (Å²) in [7, 11) is 0. The molecule has 0 aliphatic carbocycles. The highest BCUT2D eigenvalue weighted by Gasteiger charge is 2.26. The van der Waals surface area contributed by atoms with Gasteiger partial charge in [0.2, 0.25) is 0 Å². The zero-order chi connectivity index (χ0) is 24.7. The lowest BCUT2D eigenvalue weighted by Crippen LogP contribution is -2.33. The predicted octanol–water partition coefficient (Wildman–Crippen LogP) is 4.44. The van der Waals surface area contributed by atoms with Crippen LogP contribution in [0.15, 0.2) is 60.7 Å². The number of ether oxygens (including phenoxy) is 2. The fraction of sp³-hybridized carbons (Fsp3) is 0.400. The Labute approximate surface area is 213 Å². The van der Waals surface area contributed by atoms with Gasteiger partial charge in [0, 0.05) is 37.3 Å². The van der Waals surface area contributed by atoms with Gasteiger partial charge in [-0.3, -0.25) is 9.80 Å². The number of nitrogens with zero attached hydrogens (tertiary/aromatic N) is 2. The largest absolute Gasteiger partial charge is 0.461 e. The number of benzene rings is 2. The average Bonchev–Trinajstić information content (AvgIpc) is 3.53. The van der Waals surface area contributed by atoms with E-state index in [2.05, 4.69) is 34.1 Å². The topological polar surface area (TPSA) is 59.1 Å². The Hall–Kier alpha value is -3.22. The molecule has 8 rings (SSSR count). The van der Waals surface area contributed by atoms with Crippen LogP contribution in [0.5, 0.6) is 0 Å². The van der Waals surface area contributed by atoms with Gasteiger partial charge in [0.05, 0.1) is 0 Å². The standard InChI is InChI=1S/C30H34N2O4/c33-29-15-13-24-7-11-26(12-8-24)20-32-18-2-4-28(32)22-36-30(34)16-14-23-5-9-25(10-6-23)19-31-17-1-3-27(31)21-35-29/h5-16,27-28H,1-4,17-22H2/t27-,28-/m0/s1. The van der Waals surface area contributed by atoms with Crippen LogP contribution >= 0.6 is 0 Å². The second-order valence-electron chi connectivity index (χ2n) is 9.94. The van der Waals surface area contributed by atoms with Crippen molar-refractivity contribution < 1.29 is 19.1 Å². The number of rotatable bonds is 0. The Morgan fingerprint density at radius 2 is 1.00 bits per heavy atom. The molecular formula is C30H34N2O4. The van der Waals surface area contributed by atoms with Gasteiger partial charge in [-0.05, 0) is 73.2 Å². The summed E-state index contributed by atoms with van der Waals surface area (Å²) in [5.74, 6) is -0.600. The van der Waals surface area contributed by atoms with Crippen molar-refractivity contribution in [2.45, 2.75) is 50.9 Å². The Morgan fingerprint density at radius 1 is 0.583 bits per heavy atom. The summed E-state index contributed by atoms with van der Waals surface area (Å²) < 4.78 is 11.2. The first kappa shape index (κ1) is 24.5. The van der Waals surface area contributed by atoms with E-state index in [0.29, 0.717) is 13.2 Å². The van der Waals surface area contributed by atoms with Gasteiger partial charge < -0.3 is 9.47 Å². The van der Waals surface area contributed by atoms with Crippen molar-refractivity contribution in [1.82, 2.24) is 9.80 Å². The van der Waals surface area contributed by atoms with Crippen LogP contribution in [-0.4, -0.2) is 60.1 Å². The molecule has 0 spiro atoms. The molecule has 0 unspecified atom stereocenters. The van der Waals surface area contributed by atoms with Crippen molar-refractivity contribution in [3.63, 3.8) is 0 Å². The van der Waals surface area contributed by atoms with Crippen LogP contribution < -0.4 is 0 Å². The van der Waals surface area contributed by atoms with Crippen molar-refractivity contribution in [3.8, 4) is 0 Å². The fourth-order valence-corrected chi connectivity index (χ4v) is 5.30. The first-order valence-corrected chi connectivity index (χ1v) is 13.0. The number of esters is 2. The normalized spacial score (nSPS) is 24.2. The molecule has 0 aromatic heterocycles. The van der Waals surface area contributed by atoms with Crippen molar-refractivity contribution >= 4 is 24.1 Å². The van der Waals surface area contributed by atoms with Gasteiger partial charge in [0.1, 0.15) is 13.2 Å². The van der Waals surface area contributed by atoms with Gasteiger partial charge >= 0.3 is 11.9 Å². The highest BCUT2D eigenvalue weighted by molar-refractivity contribution is 5.87. The molecule has 2 aromatic rings. The quantitative estimate of drug-likeness (QED) is 0.513. The molecule has 6 heteroatoms. The van der Waals surface area contributed by atoms with Crippen LogP contribution in [-0.2, 0) is 32.2 Å².